The molecule has 0 bridgehead atoms. The molecule has 0 aliphatic carbocycles. The summed E-state index contributed by atoms with van der Waals surface area (Å²) in [5.41, 5.74) is 5.57. The van der Waals surface area contributed by atoms with Gasteiger partial charge in [0.25, 0.3) is 0 Å². The van der Waals surface area contributed by atoms with Gasteiger partial charge in [-0.25, -0.2) is 0 Å². The molecule has 0 unspecified atom stereocenters. The first-order valence-corrected chi connectivity index (χ1v) is 9.01. The van der Waals surface area contributed by atoms with Gasteiger partial charge in [0.2, 0.25) is 5.91 Å². The minimum atomic E-state index is 0.0216. The van der Waals surface area contributed by atoms with Gasteiger partial charge in [0.15, 0.2) is 0 Å². The van der Waals surface area contributed by atoms with Crippen LogP contribution in [-0.2, 0) is 17.6 Å². The lowest BCUT2D eigenvalue weighted by molar-refractivity contribution is -0.115. The zero-order valence-electron chi connectivity index (χ0n) is 13.2. The van der Waals surface area contributed by atoms with E-state index >= 15 is 0 Å². The van der Waals surface area contributed by atoms with Crippen molar-refractivity contribution in [3.63, 3.8) is 0 Å². The number of fused-ring (bicyclic) bond motifs is 1. The number of nitrogens with one attached hydrogen (secondary N) is 1. The van der Waals surface area contributed by atoms with Gasteiger partial charge in [-0.2, -0.15) is 11.3 Å². The van der Waals surface area contributed by atoms with E-state index < -0.39 is 0 Å². The molecule has 0 spiro atoms. The molecule has 0 saturated carbocycles. The van der Waals surface area contributed by atoms with Gasteiger partial charge >= 0.3 is 0 Å². The van der Waals surface area contributed by atoms with Crippen molar-refractivity contribution < 1.29 is 4.79 Å². The Morgan fingerprint density at radius 3 is 2.67 bits per heavy atom. The molecule has 1 aliphatic rings. The zero-order valence-corrected chi connectivity index (χ0v) is 14.1. The maximum Gasteiger partial charge on any atom is 0.228 e. The van der Waals surface area contributed by atoms with E-state index in [4.69, 9.17) is 0 Å². The fraction of sp³-hybridized carbons (Fsp3) is 0.150. The lowest BCUT2D eigenvalue weighted by Gasteiger charge is -2.23. The molecule has 1 amide bonds. The average Bonchev–Trinajstić information content (AvgIpc) is 3.25. The fourth-order valence-electron chi connectivity index (χ4n) is 3.18. The predicted molar refractivity (Wildman–Crippen MR) is 100 cm³/mol. The quantitative estimate of drug-likeness (QED) is 0.755. The number of benzene rings is 2. The second-order valence-corrected chi connectivity index (χ2v) is 6.68. The maximum atomic E-state index is 12.4. The Morgan fingerprint density at radius 2 is 1.83 bits per heavy atom. The smallest absolute Gasteiger partial charge is 0.228 e. The Kier molecular flexibility index (Phi) is 4.05. The van der Waals surface area contributed by atoms with Crippen molar-refractivity contribution in [2.75, 3.05) is 16.8 Å². The summed E-state index contributed by atoms with van der Waals surface area (Å²) in [5, 5.41) is 7.09. The molecule has 0 saturated heterocycles. The summed E-state index contributed by atoms with van der Waals surface area (Å²) in [5.74, 6) is 0.0216. The number of anilines is 3. The van der Waals surface area contributed by atoms with Crippen LogP contribution in [0.2, 0.25) is 0 Å². The van der Waals surface area contributed by atoms with E-state index in [1.807, 2.05) is 35.0 Å². The van der Waals surface area contributed by atoms with E-state index in [2.05, 4.69) is 40.5 Å². The van der Waals surface area contributed by atoms with Crippen molar-refractivity contribution in [3.8, 4) is 0 Å². The molecule has 1 aromatic heterocycles. The molecule has 24 heavy (non-hydrogen) atoms. The Labute approximate surface area is 145 Å². The summed E-state index contributed by atoms with van der Waals surface area (Å²) in [4.78, 5) is 14.7. The second-order valence-electron chi connectivity index (χ2n) is 5.90. The highest BCUT2D eigenvalue weighted by Gasteiger charge is 2.22. The molecular weight excluding hydrogens is 316 g/mol. The van der Waals surface area contributed by atoms with Gasteiger partial charge in [-0.15, -0.1) is 0 Å². The number of carbonyl (C=O) groups excluding carboxylic acids is 1. The lowest BCUT2D eigenvalue weighted by Crippen LogP contribution is -2.19. The van der Waals surface area contributed by atoms with Crippen LogP contribution in [0.5, 0.6) is 0 Å². The molecular formula is C20H18N2OS. The molecule has 2 heterocycles. The number of hydrogen-bond acceptors (Lipinski definition) is 3. The minimum Gasteiger partial charge on any atom is -0.339 e. The SMILES string of the molecule is O=C(Cc1ccsc1)Nc1ccccc1N1CCc2ccccc21. The first-order valence-electron chi connectivity index (χ1n) is 8.07. The molecule has 0 atom stereocenters. The molecule has 120 valence electrons. The average molecular weight is 334 g/mol. The molecule has 3 nitrogen and oxygen atoms in total. The monoisotopic (exact) mass is 334 g/mol. The van der Waals surface area contributed by atoms with E-state index in [1.54, 1.807) is 11.3 Å². The Balaban J connectivity index is 1.59. The van der Waals surface area contributed by atoms with E-state index in [0.717, 1.165) is 29.9 Å². The predicted octanol–water partition coefficient (Wildman–Crippen LogP) is 4.62. The summed E-state index contributed by atoms with van der Waals surface area (Å²) in [6.07, 6.45) is 1.45. The van der Waals surface area contributed by atoms with E-state index in [9.17, 15) is 4.79 Å². The second kappa shape index (κ2) is 6.49. The molecule has 0 radical (unpaired) electrons. The number of hydrogen-bond donors (Lipinski definition) is 1. The third-order valence-corrected chi connectivity index (χ3v) is 5.03. The Hall–Kier alpha value is -2.59. The van der Waals surface area contributed by atoms with Gasteiger partial charge < -0.3 is 10.2 Å². The Morgan fingerprint density at radius 1 is 1.04 bits per heavy atom. The molecule has 1 aliphatic heterocycles. The number of thiophene rings is 1. The normalized spacial score (nSPS) is 12.9. The summed E-state index contributed by atoms with van der Waals surface area (Å²) in [6.45, 7) is 0.941. The number of rotatable bonds is 4. The van der Waals surface area contributed by atoms with Crippen LogP contribution in [-0.4, -0.2) is 12.5 Å². The van der Waals surface area contributed by atoms with Crippen molar-refractivity contribution in [2.24, 2.45) is 0 Å². The van der Waals surface area contributed by atoms with Crippen LogP contribution in [0.3, 0.4) is 0 Å². The standard InChI is InChI=1S/C20H18N2OS/c23-20(13-15-10-12-24-14-15)21-17-6-2-4-8-19(17)22-11-9-16-5-1-3-7-18(16)22/h1-8,10,12,14H,9,11,13H2,(H,21,23). The summed E-state index contributed by atoms with van der Waals surface area (Å²) >= 11 is 1.62. The topological polar surface area (TPSA) is 32.3 Å². The van der Waals surface area contributed by atoms with Crippen molar-refractivity contribution in [2.45, 2.75) is 12.8 Å². The summed E-state index contributed by atoms with van der Waals surface area (Å²) < 4.78 is 0. The van der Waals surface area contributed by atoms with Gasteiger partial charge in [0, 0.05) is 12.2 Å². The molecule has 3 aromatic rings. The molecule has 0 fully saturated rings. The Bertz CT molecular complexity index is 858. The maximum absolute atomic E-state index is 12.4. The third-order valence-electron chi connectivity index (χ3n) is 4.30. The van der Waals surface area contributed by atoms with Crippen LogP contribution in [0.1, 0.15) is 11.1 Å². The number of amides is 1. The number of para-hydroxylation sites is 3. The van der Waals surface area contributed by atoms with E-state index in [1.165, 1.54) is 11.3 Å². The molecule has 1 N–H and O–H groups in total. The first-order chi connectivity index (χ1) is 11.8. The summed E-state index contributed by atoms with van der Waals surface area (Å²) in [7, 11) is 0. The highest BCUT2D eigenvalue weighted by Crippen LogP contribution is 2.38. The van der Waals surface area contributed by atoms with Gasteiger partial charge in [-0.3, -0.25) is 4.79 Å². The van der Waals surface area contributed by atoms with Crippen LogP contribution in [0, 0.1) is 0 Å². The van der Waals surface area contributed by atoms with Gasteiger partial charge in [0.05, 0.1) is 17.8 Å². The fourth-order valence-corrected chi connectivity index (χ4v) is 3.84. The van der Waals surface area contributed by atoms with Crippen molar-refractivity contribution >= 4 is 34.3 Å². The zero-order chi connectivity index (χ0) is 16.4. The van der Waals surface area contributed by atoms with E-state index in [-0.39, 0.29) is 5.91 Å². The van der Waals surface area contributed by atoms with Crippen LogP contribution in [0.25, 0.3) is 0 Å². The first kappa shape index (κ1) is 15.0. The van der Waals surface area contributed by atoms with Crippen LogP contribution in [0.4, 0.5) is 17.1 Å². The largest absolute Gasteiger partial charge is 0.339 e. The number of nitrogens with zero attached hydrogens (tertiary/aromatic N) is 1. The van der Waals surface area contributed by atoms with Crippen molar-refractivity contribution in [3.05, 3.63) is 76.5 Å². The van der Waals surface area contributed by atoms with Crippen molar-refractivity contribution in [1.82, 2.24) is 0 Å². The van der Waals surface area contributed by atoms with Gasteiger partial charge in [0.1, 0.15) is 0 Å². The van der Waals surface area contributed by atoms with Crippen LogP contribution >= 0.6 is 11.3 Å². The van der Waals surface area contributed by atoms with Crippen LogP contribution < -0.4 is 10.2 Å². The molecule has 4 heteroatoms. The van der Waals surface area contributed by atoms with Gasteiger partial charge in [-0.1, -0.05) is 30.3 Å². The lowest BCUT2D eigenvalue weighted by atomic mass is 10.1. The highest BCUT2D eigenvalue weighted by molar-refractivity contribution is 7.08. The summed E-state index contributed by atoms with van der Waals surface area (Å²) in [6, 6.07) is 18.5. The third kappa shape index (κ3) is 2.93. The van der Waals surface area contributed by atoms with Crippen molar-refractivity contribution in [1.29, 1.82) is 0 Å². The molecule has 2 aromatic carbocycles. The highest BCUT2D eigenvalue weighted by atomic mass is 32.1. The van der Waals surface area contributed by atoms with E-state index in [0.29, 0.717) is 6.42 Å². The number of carbonyl (C=O) groups is 1. The van der Waals surface area contributed by atoms with Gasteiger partial charge in [-0.05, 0) is 52.6 Å². The molecule has 4 rings (SSSR count). The minimum absolute atomic E-state index is 0.0216. The van der Waals surface area contributed by atoms with Crippen LogP contribution in [0.15, 0.2) is 65.4 Å².